The Morgan fingerprint density at radius 1 is 0.889 bits per heavy atom. The van der Waals surface area contributed by atoms with Gasteiger partial charge in [0, 0.05) is 12.6 Å². The lowest BCUT2D eigenvalue weighted by Crippen LogP contribution is -2.41. The van der Waals surface area contributed by atoms with Crippen molar-refractivity contribution >= 4 is 19.3 Å². The van der Waals surface area contributed by atoms with Gasteiger partial charge < -0.3 is 23.4 Å². The van der Waals surface area contributed by atoms with Crippen LogP contribution in [0, 0.1) is 11.3 Å². The second-order valence-corrected chi connectivity index (χ2v) is 21.2. The molecule has 0 aliphatic heterocycles. The van der Waals surface area contributed by atoms with Crippen LogP contribution in [0.25, 0.3) is 0 Å². The molecule has 0 saturated carbocycles. The summed E-state index contributed by atoms with van der Waals surface area (Å²) >= 11 is 0. The molecule has 0 amide bonds. The SMILES string of the molecule is COc1cc(CCO[Si](C)(C)C(C)(C)C)c([C@H](Cc2ccc(OC(C)C)c(OC)c2C#N)N[S@@](=O)C(C)(C)C)cc1OC(C)C. The third-order valence-electron chi connectivity index (χ3n) is 7.92. The van der Waals surface area contributed by atoms with Crippen LogP contribution in [0.2, 0.25) is 18.1 Å². The highest BCUT2D eigenvalue weighted by atomic mass is 32.2. The fraction of sp³-hybridized carbons (Fsp3) is 0.629. The molecule has 2 aromatic carbocycles. The smallest absolute Gasteiger partial charge is 0.191 e. The lowest BCUT2D eigenvalue weighted by molar-refractivity contribution is 0.229. The van der Waals surface area contributed by atoms with Gasteiger partial charge in [0.1, 0.15) is 11.6 Å². The maximum absolute atomic E-state index is 13.7. The van der Waals surface area contributed by atoms with Crippen molar-refractivity contribution in [3.8, 4) is 29.1 Å². The molecule has 2 aromatic rings. The molecule has 0 saturated heterocycles. The summed E-state index contributed by atoms with van der Waals surface area (Å²) in [6.45, 7) is 25.3. The predicted molar refractivity (Wildman–Crippen MR) is 187 cm³/mol. The summed E-state index contributed by atoms with van der Waals surface area (Å²) in [6.07, 6.45) is 0.815. The van der Waals surface area contributed by atoms with Gasteiger partial charge in [0.2, 0.25) is 0 Å². The van der Waals surface area contributed by atoms with Gasteiger partial charge in [-0.15, -0.1) is 0 Å². The molecule has 0 aliphatic carbocycles. The van der Waals surface area contributed by atoms with Crippen molar-refractivity contribution in [2.75, 3.05) is 20.8 Å². The fourth-order valence-corrected chi connectivity index (χ4v) is 6.35. The Labute approximate surface area is 275 Å². The molecule has 0 fully saturated rings. The number of hydrogen-bond acceptors (Lipinski definition) is 7. The Morgan fingerprint density at radius 2 is 1.49 bits per heavy atom. The monoisotopic (exact) mass is 660 g/mol. The van der Waals surface area contributed by atoms with Crippen LogP contribution in [0.1, 0.15) is 97.5 Å². The van der Waals surface area contributed by atoms with E-state index in [2.05, 4.69) is 44.7 Å². The normalized spacial score (nSPS) is 13.8. The van der Waals surface area contributed by atoms with Gasteiger partial charge in [-0.1, -0.05) is 26.8 Å². The molecule has 252 valence electrons. The van der Waals surface area contributed by atoms with Crippen LogP contribution in [0.3, 0.4) is 0 Å². The van der Waals surface area contributed by atoms with E-state index in [1.807, 2.05) is 72.7 Å². The van der Waals surface area contributed by atoms with Gasteiger partial charge in [-0.3, -0.25) is 0 Å². The first-order valence-corrected chi connectivity index (χ1v) is 19.8. The van der Waals surface area contributed by atoms with E-state index in [0.29, 0.717) is 48.0 Å². The van der Waals surface area contributed by atoms with Crippen LogP contribution in [-0.4, -0.2) is 50.3 Å². The topological polar surface area (TPSA) is 99.0 Å². The number of methoxy groups -OCH3 is 2. The Bertz CT molecular complexity index is 1360. The minimum atomic E-state index is -1.99. The van der Waals surface area contributed by atoms with E-state index < -0.39 is 30.1 Å². The van der Waals surface area contributed by atoms with Crippen LogP contribution in [0.15, 0.2) is 24.3 Å². The third kappa shape index (κ3) is 10.5. The summed E-state index contributed by atoms with van der Waals surface area (Å²) in [6, 6.07) is 9.61. The number of hydrogen-bond donors (Lipinski definition) is 1. The summed E-state index contributed by atoms with van der Waals surface area (Å²) < 4.78 is 46.7. The zero-order valence-electron chi connectivity index (χ0n) is 30.0. The van der Waals surface area contributed by atoms with E-state index in [-0.39, 0.29) is 17.2 Å². The minimum Gasteiger partial charge on any atom is -0.493 e. The predicted octanol–water partition coefficient (Wildman–Crippen LogP) is 8.05. The Kier molecular flexibility index (Phi) is 13.6. The molecule has 0 unspecified atom stereocenters. The fourth-order valence-electron chi connectivity index (χ4n) is 4.48. The highest BCUT2D eigenvalue weighted by molar-refractivity contribution is 7.84. The third-order valence-corrected chi connectivity index (χ3v) is 14.1. The average Bonchev–Trinajstić information content (AvgIpc) is 2.91. The molecule has 10 heteroatoms. The number of nitrogens with zero attached hydrogens (tertiary/aromatic N) is 1. The molecule has 0 spiro atoms. The highest BCUT2D eigenvalue weighted by Gasteiger charge is 2.37. The van der Waals surface area contributed by atoms with Gasteiger partial charge in [0.15, 0.2) is 31.3 Å². The Morgan fingerprint density at radius 3 is 1.98 bits per heavy atom. The molecule has 1 N–H and O–H groups in total. The van der Waals surface area contributed by atoms with Crippen LogP contribution in [0.4, 0.5) is 0 Å². The first-order valence-electron chi connectivity index (χ1n) is 15.7. The van der Waals surface area contributed by atoms with E-state index in [1.165, 1.54) is 7.11 Å². The van der Waals surface area contributed by atoms with E-state index in [1.54, 1.807) is 7.11 Å². The number of benzene rings is 2. The van der Waals surface area contributed by atoms with Gasteiger partial charge in [-0.05, 0) is 114 Å². The number of nitriles is 1. The summed E-state index contributed by atoms with van der Waals surface area (Å²) in [5.41, 5.74) is 3.04. The summed E-state index contributed by atoms with van der Waals surface area (Å²) in [7, 11) is -0.239. The molecule has 0 bridgehead atoms. The van der Waals surface area contributed by atoms with Gasteiger partial charge in [0.25, 0.3) is 0 Å². The number of nitrogens with one attached hydrogen (secondary N) is 1. The maximum Gasteiger partial charge on any atom is 0.191 e. The van der Waals surface area contributed by atoms with E-state index in [4.69, 9.17) is 23.4 Å². The minimum absolute atomic E-state index is 0.0778. The van der Waals surface area contributed by atoms with Crippen LogP contribution in [-0.2, 0) is 28.3 Å². The average molecular weight is 661 g/mol. The summed E-state index contributed by atoms with van der Waals surface area (Å²) in [5.74, 6) is 2.13. The lowest BCUT2D eigenvalue weighted by Gasteiger charge is -2.36. The van der Waals surface area contributed by atoms with Crippen molar-refractivity contribution in [3.05, 3.63) is 46.5 Å². The van der Waals surface area contributed by atoms with Crippen LogP contribution < -0.4 is 23.7 Å². The highest BCUT2D eigenvalue weighted by Crippen LogP contribution is 2.40. The van der Waals surface area contributed by atoms with Crippen LogP contribution in [0.5, 0.6) is 23.0 Å². The number of ether oxygens (including phenoxy) is 4. The molecule has 2 rings (SSSR count). The van der Waals surface area contributed by atoms with Gasteiger partial charge in [0.05, 0.1) is 42.2 Å². The molecular weight excluding hydrogens is 605 g/mol. The van der Waals surface area contributed by atoms with Crippen molar-refractivity contribution < 1.29 is 27.6 Å². The first-order chi connectivity index (χ1) is 20.7. The zero-order chi connectivity index (χ0) is 34.3. The second kappa shape index (κ2) is 15.8. The molecule has 8 nitrogen and oxygen atoms in total. The molecule has 0 radical (unpaired) electrons. The molecule has 2 atom stereocenters. The van der Waals surface area contributed by atoms with Gasteiger partial charge in [-0.2, -0.15) is 5.26 Å². The quantitative estimate of drug-likeness (QED) is 0.193. The largest absolute Gasteiger partial charge is 0.493 e. The summed E-state index contributed by atoms with van der Waals surface area (Å²) in [5, 5.41) is 10.4. The van der Waals surface area contributed by atoms with Gasteiger partial charge >= 0.3 is 0 Å². The molecule has 45 heavy (non-hydrogen) atoms. The van der Waals surface area contributed by atoms with E-state index in [9.17, 15) is 9.47 Å². The van der Waals surface area contributed by atoms with Crippen molar-refractivity contribution in [2.45, 2.75) is 123 Å². The first kappa shape index (κ1) is 38.6. The van der Waals surface area contributed by atoms with Crippen molar-refractivity contribution in [2.24, 2.45) is 0 Å². The van der Waals surface area contributed by atoms with Crippen molar-refractivity contribution in [1.82, 2.24) is 4.72 Å². The second-order valence-electron chi connectivity index (χ2n) is 14.4. The van der Waals surface area contributed by atoms with Crippen molar-refractivity contribution in [1.29, 1.82) is 5.26 Å². The van der Waals surface area contributed by atoms with Crippen molar-refractivity contribution in [3.63, 3.8) is 0 Å². The maximum atomic E-state index is 13.7. The zero-order valence-corrected chi connectivity index (χ0v) is 31.8. The van der Waals surface area contributed by atoms with E-state index in [0.717, 1.165) is 16.7 Å². The molecular formula is C35H56N2O6SSi. The lowest BCUT2D eigenvalue weighted by atomic mass is 9.91. The summed E-state index contributed by atoms with van der Waals surface area (Å²) in [4.78, 5) is 0. The molecule has 0 aromatic heterocycles. The van der Waals surface area contributed by atoms with Gasteiger partial charge in [-0.25, -0.2) is 8.93 Å². The van der Waals surface area contributed by atoms with E-state index >= 15 is 0 Å². The standard InChI is InChI=1S/C35H56N2O6SSi/c1-23(2)42-30-16-15-25(28(22-36)33(30)40-12)19-29(37-44(38)34(5,6)7)27-21-32(43-24(3)4)31(39-11)20-26(27)17-18-41-45(13,14)35(8,9)10/h15-16,20-21,23-24,29,37H,17-19H2,1-14H3/t29-,44-/m0/s1. The van der Waals surface area contributed by atoms with Crippen LogP contribution >= 0.6 is 0 Å². The molecule has 0 aliphatic rings. The Balaban J connectivity index is 2.76. The number of rotatable bonds is 15. The Hall–Kier alpha value is -2.58. The molecule has 0 heterocycles.